The lowest BCUT2D eigenvalue weighted by molar-refractivity contribution is -0.200. The van der Waals surface area contributed by atoms with Crippen LogP contribution in [0.4, 0.5) is 8.78 Å². The molecule has 0 unspecified atom stereocenters. The van der Waals surface area contributed by atoms with Gasteiger partial charge < -0.3 is 14.2 Å². The third-order valence-corrected chi connectivity index (χ3v) is 12.3. The lowest BCUT2D eigenvalue weighted by Gasteiger charge is -2.61. The number of rotatable bonds is 4. The highest BCUT2D eigenvalue weighted by Gasteiger charge is 2.74. The lowest BCUT2D eigenvalue weighted by atomic mass is 9.45. The summed E-state index contributed by atoms with van der Waals surface area (Å²) in [6.45, 7) is 4.64. The highest BCUT2D eigenvalue weighted by molar-refractivity contribution is 8.14. The molecule has 4 aliphatic carbocycles. The number of hydrogen-bond acceptors (Lipinski definition) is 8. The summed E-state index contributed by atoms with van der Waals surface area (Å²) < 4.78 is 49.9. The first-order valence-corrected chi connectivity index (χ1v) is 15.3. The summed E-state index contributed by atoms with van der Waals surface area (Å²) in [7, 11) is 0. The molecule has 6 rings (SSSR count). The fourth-order valence-electron chi connectivity index (χ4n) is 8.62. The summed E-state index contributed by atoms with van der Waals surface area (Å²) in [5, 5.41) is -1.09. The van der Waals surface area contributed by atoms with E-state index in [0.29, 0.717) is 38.9 Å². The minimum absolute atomic E-state index is 0.0315. The lowest BCUT2D eigenvalue weighted by Crippen LogP contribution is -2.65. The summed E-state index contributed by atoms with van der Waals surface area (Å²) in [6, 6.07) is 0. The molecule has 0 bridgehead atoms. The third kappa shape index (κ3) is 3.91. The number of ether oxygens (including phenoxy) is 3. The summed E-state index contributed by atoms with van der Waals surface area (Å²) in [4.78, 5) is 52.1. The van der Waals surface area contributed by atoms with Crippen LogP contribution in [-0.2, 0) is 33.4 Å². The molecule has 0 aromatic heterocycles. The second-order valence-corrected chi connectivity index (χ2v) is 13.9. The van der Waals surface area contributed by atoms with Gasteiger partial charge in [0.05, 0.1) is 12.5 Å². The quantitative estimate of drug-likeness (QED) is 0.446. The van der Waals surface area contributed by atoms with Gasteiger partial charge in [-0.05, 0) is 75.5 Å². The van der Waals surface area contributed by atoms with Crippen LogP contribution in [0, 0.1) is 28.6 Å². The number of halogens is 2. The number of esters is 2. The van der Waals surface area contributed by atoms with E-state index >= 15 is 8.78 Å². The molecule has 218 valence electrons. The molecule has 0 amide bonds. The van der Waals surface area contributed by atoms with Crippen molar-refractivity contribution in [3.63, 3.8) is 0 Å². The number of hydrogen-bond donors (Lipinski definition) is 0. The van der Waals surface area contributed by atoms with Crippen LogP contribution in [0.3, 0.4) is 0 Å². The van der Waals surface area contributed by atoms with Gasteiger partial charge in [0.2, 0.25) is 5.12 Å². The number of fused-ring (bicyclic) bond motifs is 5. The Morgan fingerprint density at radius 2 is 1.77 bits per heavy atom. The topological polar surface area (TPSA) is 96.0 Å². The van der Waals surface area contributed by atoms with Gasteiger partial charge in [0, 0.05) is 36.4 Å². The summed E-state index contributed by atoms with van der Waals surface area (Å²) in [6.07, 6.45) is 4.71. The van der Waals surface area contributed by atoms with Crippen LogP contribution in [0.5, 0.6) is 0 Å². The minimum Gasteiger partial charge on any atom is -0.465 e. The van der Waals surface area contributed by atoms with Gasteiger partial charge in [0.25, 0.3) is 0 Å². The van der Waals surface area contributed by atoms with E-state index in [1.165, 1.54) is 18.2 Å². The molecular weight excluding hydrogens is 542 g/mol. The second kappa shape index (κ2) is 9.75. The highest BCUT2D eigenvalue weighted by atomic mass is 32.2. The molecule has 0 N–H and O–H groups in total. The largest absolute Gasteiger partial charge is 0.465 e. The SMILES string of the molecule is C[C@]12C=CC(=O)C=C1[C@@H](F)C[C@H]1[C@@H]3CC[C@](OC(=O)C4CCOCC4)(C(=O)S[C@H]4CCOC4=O)[C@@]3(C)CC[C@@]12F. The molecule has 0 aromatic carbocycles. The van der Waals surface area contributed by atoms with Crippen molar-refractivity contribution in [1.29, 1.82) is 0 Å². The first-order valence-electron chi connectivity index (χ1n) is 14.4. The molecule has 40 heavy (non-hydrogen) atoms. The zero-order valence-corrected chi connectivity index (χ0v) is 23.7. The fourth-order valence-corrected chi connectivity index (χ4v) is 9.82. The van der Waals surface area contributed by atoms with Crippen molar-refractivity contribution in [2.24, 2.45) is 28.6 Å². The number of cyclic esters (lactones) is 1. The number of ketones is 1. The Bertz CT molecular complexity index is 1200. The van der Waals surface area contributed by atoms with E-state index in [-0.39, 0.29) is 43.6 Å². The molecule has 5 fully saturated rings. The van der Waals surface area contributed by atoms with Crippen molar-refractivity contribution in [1.82, 2.24) is 0 Å². The predicted octanol–water partition coefficient (Wildman–Crippen LogP) is 4.62. The minimum atomic E-state index is -1.82. The Hall–Kier alpha value is -2.07. The van der Waals surface area contributed by atoms with E-state index < -0.39 is 68.3 Å². The highest BCUT2D eigenvalue weighted by Crippen LogP contribution is 2.71. The van der Waals surface area contributed by atoms with E-state index in [0.717, 1.165) is 11.8 Å². The summed E-state index contributed by atoms with van der Waals surface area (Å²) >= 11 is 0.860. The van der Waals surface area contributed by atoms with Gasteiger partial charge in [-0.25, -0.2) is 8.78 Å². The van der Waals surface area contributed by atoms with Crippen molar-refractivity contribution in [2.45, 2.75) is 87.9 Å². The van der Waals surface area contributed by atoms with Gasteiger partial charge in [-0.1, -0.05) is 24.8 Å². The average Bonchev–Trinajstić information content (AvgIpc) is 3.47. The van der Waals surface area contributed by atoms with Crippen molar-refractivity contribution in [3.8, 4) is 0 Å². The maximum absolute atomic E-state index is 17.4. The Labute approximate surface area is 236 Å². The van der Waals surface area contributed by atoms with Crippen LogP contribution < -0.4 is 0 Å². The number of carbonyl (C=O) groups excluding carboxylic acids is 4. The first kappa shape index (κ1) is 28.1. The standard InChI is InChI=1S/C30H36F2O7S/c1-27-8-3-18(33)15-21(27)22(31)16-20-19-4-9-30(28(19,2)10-11-29(20,27)32,26(36)40-23-7-14-38-25(23)35)39-24(34)17-5-12-37-13-6-17/h3,8,15,17,19-20,22-23H,4-7,9-14,16H2,1-2H3/t19-,20-,22-,23-,27-,28-,29+,30-/m0/s1. The molecule has 2 heterocycles. The molecule has 2 aliphatic heterocycles. The molecule has 8 atom stereocenters. The first-order chi connectivity index (χ1) is 18.9. The molecule has 7 nitrogen and oxygen atoms in total. The van der Waals surface area contributed by atoms with Crippen molar-refractivity contribution in [2.75, 3.05) is 19.8 Å². The molecule has 10 heteroatoms. The normalized spacial score (nSPS) is 44.8. The monoisotopic (exact) mass is 578 g/mol. The molecule has 2 saturated heterocycles. The van der Waals surface area contributed by atoms with Gasteiger partial charge >= 0.3 is 11.9 Å². The van der Waals surface area contributed by atoms with Gasteiger partial charge in [-0.2, -0.15) is 0 Å². The average molecular weight is 579 g/mol. The smallest absolute Gasteiger partial charge is 0.319 e. The van der Waals surface area contributed by atoms with Gasteiger partial charge in [0.1, 0.15) is 17.1 Å². The van der Waals surface area contributed by atoms with Gasteiger partial charge in [-0.15, -0.1) is 0 Å². The van der Waals surface area contributed by atoms with Crippen LogP contribution in [-0.4, -0.2) is 65.3 Å². The van der Waals surface area contributed by atoms with Crippen LogP contribution in [0.2, 0.25) is 0 Å². The van der Waals surface area contributed by atoms with E-state index in [4.69, 9.17) is 14.2 Å². The molecule has 6 aliphatic rings. The van der Waals surface area contributed by atoms with Crippen molar-refractivity contribution >= 4 is 34.6 Å². The zero-order chi connectivity index (χ0) is 28.5. The molecule has 0 aromatic rings. The maximum Gasteiger partial charge on any atom is 0.319 e. The number of alkyl halides is 2. The Morgan fingerprint density at radius 1 is 1.02 bits per heavy atom. The molecule has 0 radical (unpaired) electrons. The van der Waals surface area contributed by atoms with E-state index in [9.17, 15) is 19.2 Å². The molecule has 3 saturated carbocycles. The number of allylic oxidation sites excluding steroid dienone is 4. The fraction of sp³-hybridized carbons (Fsp3) is 0.733. The molecule has 0 spiro atoms. The summed E-state index contributed by atoms with van der Waals surface area (Å²) in [5.41, 5.74) is -5.44. The predicted molar refractivity (Wildman–Crippen MR) is 142 cm³/mol. The van der Waals surface area contributed by atoms with Crippen LogP contribution >= 0.6 is 11.8 Å². The van der Waals surface area contributed by atoms with Crippen molar-refractivity contribution < 1.29 is 42.2 Å². The third-order valence-electron chi connectivity index (χ3n) is 11.1. The van der Waals surface area contributed by atoms with Crippen LogP contribution in [0.25, 0.3) is 0 Å². The second-order valence-electron chi connectivity index (χ2n) is 12.8. The maximum atomic E-state index is 17.4. The zero-order valence-electron chi connectivity index (χ0n) is 22.9. The van der Waals surface area contributed by atoms with E-state index in [1.807, 2.05) is 6.92 Å². The number of carbonyl (C=O) groups is 4. The Kier molecular flexibility index (Phi) is 6.84. The van der Waals surface area contributed by atoms with Gasteiger partial charge in [-0.3, -0.25) is 19.2 Å². The molecular formula is C30H36F2O7S. The van der Waals surface area contributed by atoms with Gasteiger partial charge in [0.15, 0.2) is 11.4 Å². The van der Waals surface area contributed by atoms with Crippen molar-refractivity contribution in [3.05, 3.63) is 23.8 Å². The van der Waals surface area contributed by atoms with E-state index in [2.05, 4.69) is 0 Å². The van der Waals surface area contributed by atoms with Crippen LogP contribution in [0.1, 0.15) is 65.2 Å². The Morgan fingerprint density at radius 3 is 2.48 bits per heavy atom. The Balaban J connectivity index is 1.37. The van der Waals surface area contributed by atoms with Crippen LogP contribution in [0.15, 0.2) is 23.8 Å². The summed E-state index contributed by atoms with van der Waals surface area (Å²) in [5.74, 6) is -2.86. The van der Waals surface area contributed by atoms with E-state index in [1.54, 1.807) is 6.92 Å². The number of thioether (sulfide) groups is 1.